The molecule has 0 bridgehead atoms. The molecule has 0 spiro atoms. The Kier molecular flexibility index (Phi) is 5.91. The van der Waals surface area contributed by atoms with Crippen molar-refractivity contribution in [2.75, 3.05) is 26.4 Å². The second-order valence-corrected chi connectivity index (χ2v) is 7.88. The number of benzene rings is 3. The zero-order valence-corrected chi connectivity index (χ0v) is 16.9. The van der Waals surface area contributed by atoms with E-state index in [0.29, 0.717) is 26.4 Å². The molecule has 154 valence electrons. The zero-order valence-electron chi connectivity index (χ0n) is 16.9. The molecule has 2 aliphatic rings. The van der Waals surface area contributed by atoms with E-state index in [2.05, 4.69) is 48.5 Å². The van der Waals surface area contributed by atoms with Crippen molar-refractivity contribution in [3.63, 3.8) is 0 Å². The number of hydrogen-bond donors (Lipinski definition) is 0. The van der Waals surface area contributed by atoms with Gasteiger partial charge in [0.05, 0.1) is 26.4 Å². The number of ether oxygens (including phenoxy) is 4. The molecule has 4 heteroatoms. The van der Waals surface area contributed by atoms with Crippen LogP contribution in [0.3, 0.4) is 0 Å². The second kappa shape index (κ2) is 9.11. The maximum absolute atomic E-state index is 5.99. The third-order valence-electron chi connectivity index (χ3n) is 5.82. The van der Waals surface area contributed by atoms with E-state index in [4.69, 9.17) is 18.9 Å². The molecule has 0 saturated carbocycles. The summed E-state index contributed by atoms with van der Waals surface area (Å²) in [5.74, 6) is 0.562. The second-order valence-electron chi connectivity index (χ2n) is 7.88. The molecule has 2 saturated heterocycles. The van der Waals surface area contributed by atoms with Gasteiger partial charge in [0.1, 0.15) is 0 Å². The van der Waals surface area contributed by atoms with Crippen molar-refractivity contribution in [2.45, 2.75) is 24.4 Å². The largest absolute Gasteiger partial charge is 0.348 e. The standard InChI is InChI=1S/C26H26O4/c1-3-7-19(8-4-1)23-15-27-25(28-16-23)21-11-13-22(14-12-21)26-29-17-24(18-30-26)20-9-5-2-6-10-20/h1-14,23-26H,15-18H2. The van der Waals surface area contributed by atoms with Gasteiger partial charge >= 0.3 is 0 Å². The summed E-state index contributed by atoms with van der Waals surface area (Å²) in [4.78, 5) is 0. The summed E-state index contributed by atoms with van der Waals surface area (Å²) >= 11 is 0. The van der Waals surface area contributed by atoms with Gasteiger partial charge in [-0.05, 0) is 11.1 Å². The zero-order chi connectivity index (χ0) is 20.2. The van der Waals surface area contributed by atoms with Gasteiger partial charge in [0.2, 0.25) is 0 Å². The fourth-order valence-corrected chi connectivity index (χ4v) is 4.04. The summed E-state index contributed by atoms with van der Waals surface area (Å²) in [6, 6.07) is 28.9. The van der Waals surface area contributed by atoms with Gasteiger partial charge in [-0.2, -0.15) is 0 Å². The van der Waals surface area contributed by atoms with Crippen molar-refractivity contribution in [1.82, 2.24) is 0 Å². The molecular weight excluding hydrogens is 376 g/mol. The summed E-state index contributed by atoms with van der Waals surface area (Å²) in [7, 11) is 0. The molecule has 0 atom stereocenters. The van der Waals surface area contributed by atoms with Gasteiger partial charge in [0, 0.05) is 23.0 Å². The molecule has 4 nitrogen and oxygen atoms in total. The van der Waals surface area contributed by atoms with Crippen LogP contribution in [-0.4, -0.2) is 26.4 Å². The van der Waals surface area contributed by atoms with Crippen LogP contribution in [-0.2, 0) is 18.9 Å². The van der Waals surface area contributed by atoms with Gasteiger partial charge in [-0.1, -0.05) is 84.9 Å². The third-order valence-corrected chi connectivity index (χ3v) is 5.82. The van der Waals surface area contributed by atoms with Crippen molar-refractivity contribution in [1.29, 1.82) is 0 Å². The maximum atomic E-state index is 5.99. The van der Waals surface area contributed by atoms with Crippen molar-refractivity contribution >= 4 is 0 Å². The summed E-state index contributed by atoms with van der Waals surface area (Å²) < 4.78 is 24.0. The first-order chi connectivity index (χ1) is 14.9. The van der Waals surface area contributed by atoms with Gasteiger partial charge in [-0.3, -0.25) is 0 Å². The highest BCUT2D eigenvalue weighted by molar-refractivity contribution is 5.26. The molecular formula is C26H26O4. The van der Waals surface area contributed by atoms with E-state index in [1.165, 1.54) is 11.1 Å². The first kappa shape index (κ1) is 19.5. The fraction of sp³-hybridized carbons (Fsp3) is 0.308. The average Bonchev–Trinajstić information content (AvgIpc) is 2.85. The summed E-state index contributed by atoms with van der Waals surface area (Å²) in [6.45, 7) is 2.64. The number of hydrogen-bond acceptors (Lipinski definition) is 4. The molecule has 0 aromatic heterocycles. The lowest BCUT2D eigenvalue weighted by Crippen LogP contribution is -2.26. The molecule has 0 unspecified atom stereocenters. The van der Waals surface area contributed by atoms with E-state index in [1.807, 2.05) is 36.4 Å². The molecule has 3 aromatic carbocycles. The van der Waals surface area contributed by atoms with Gasteiger partial charge in [-0.25, -0.2) is 0 Å². The molecule has 0 amide bonds. The van der Waals surface area contributed by atoms with Crippen LogP contribution in [0, 0.1) is 0 Å². The first-order valence-electron chi connectivity index (χ1n) is 10.5. The lowest BCUT2D eigenvalue weighted by Gasteiger charge is -2.31. The van der Waals surface area contributed by atoms with Crippen LogP contribution >= 0.6 is 0 Å². The van der Waals surface area contributed by atoms with Crippen molar-refractivity contribution in [3.8, 4) is 0 Å². The molecule has 0 radical (unpaired) electrons. The van der Waals surface area contributed by atoms with Gasteiger partial charge in [0.15, 0.2) is 12.6 Å². The minimum absolute atomic E-state index is 0.281. The SMILES string of the molecule is c1ccc(C2COC(c3ccc(C4OCC(c5ccccc5)CO4)cc3)OC2)cc1. The van der Waals surface area contributed by atoms with Crippen LogP contribution in [0.5, 0.6) is 0 Å². The monoisotopic (exact) mass is 402 g/mol. The maximum Gasteiger partial charge on any atom is 0.183 e. The first-order valence-corrected chi connectivity index (χ1v) is 10.5. The minimum atomic E-state index is -0.324. The highest BCUT2D eigenvalue weighted by Crippen LogP contribution is 2.33. The Morgan fingerprint density at radius 1 is 0.400 bits per heavy atom. The molecule has 0 aliphatic carbocycles. The lowest BCUT2D eigenvalue weighted by atomic mass is 10.00. The normalized spacial score (nSPS) is 26.9. The van der Waals surface area contributed by atoms with Crippen LogP contribution < -0.4 is 0 Å². The summed E-state index contributed by atoms with van der Waals surface area (Å²) in [6.07, 6.45) is -0.649. The predicted molar refractivity (Wildman–Crippen MR) is 114 cm³/mol. The molecule has 0 N–H and O–H groups in total. The van der Waals surface area contributed by atoms with E-state index in [0.717, 1.165) is 11.1 Å². The molecule has 2 heterocycles. The van der Waals surface area contributed by atoms with E-state index in [9.17, 15) is 0 Å². The Bertz CT molecular complexity index is 832. The van der Waals surface area contributed by atoms with Crippen LogP contribution in [0.25, 0.3) is 0 Å². The van der Waals surface area contributed by atoms with Crippen LogP contribution in [0.1, 0.15) is 46.7 Å². The average molecular weight is 402 g/mol. The highest BCUT2D eigenvalue weighted by Gasteiger charge is 2.27. The summed E-state index contributed by atoms with van der Waals surface area (Å²) in [5.41, 5.74) is 4.55. The lowest BCUT2D eigenvalue weighted by molar-refractivity contribution is -0.193. The minimum Gasteiger partial charge on any atom is -0.348 e. The van der Waals surface area contributed by atoms with Crippen LogP contribution in [0.15, 0.2) is 84.9 Å². The Hall–Kier alpha value is -2.50. The Morgan fingerprint density at radius 3 is 1.07 bits per heavy atom. The van der Waals surface area contributed by atoms with E-state index >= 15 is 0 Å². The molecule has 2 fully saturated rings. The number of rotatable bonds is 4. The topological polar surface area (TPSA) is 36.9 Å². The third kappa shape index (κ3) is 4.32. The quantitative estimate of drug-likeness (QED) is 0.590. The summed E-state index contributed by atoms with van der Waals surface area (Å²) in [5, 5.41) is 0. The molecule has 30 heavy (non-hydrogen) atoms. The van der Waals surface area contributed by atoms with E-state index in [-0.39, 0.29) is 24.4 Å². The van der Waals surface area contributed by atoms with Gasteiger partial charge in [0.25, 0.3) is 0 Å². The smallest absolute Gasteiger partial charge is 0.183 e. The van der Waals surface area contributed by atoms with Crippen molar-refractivity contribution < 1.29 is 18.9 Å². The highest BCUT2D eigenvalue weighted by atomic mass is 16.7. The van der Waals surface area contributed by atoms with E-state index in [1.54, 1.807) is 0 Å². The van der Waals surface area contributed by atoms with Crippen LogP contribution in [0.4, 0.5) is 0 Å². The van der Waals surface area contributed by atoms with Crippen molar-refractivity contribution in [2.24, 2.45) is 0 Å². The van der Waals surface area contributed by atoms with Gasteiger partial charge in [-0.15, -0.1) is 0 Å². The van der Waals surface area contributed by atoms with Crippen LogP contribution in [0.2, 0.25) is 0 Å². The molecule has 3 aromatic rings. The fourth-order valence-electron chi connectivity index (χ4n) is 4.04. The van der Waals surface area contributed by atoms with Gasteiger partial charge < -0.3 is 18.9 Å². The Balaban J connectivity index is 1.16. The Morgan fingerprint density at radius 2 is 0.733 bits per heavy atom. The molecule has 5 rings (SSSR count). The predicted octanol–water partition coefficient (Wildman–Crippen LogP) is 5.35. The van der Waals surface area contributed by atoms with E-state index < -0.39 is 0 Å². The molecule has 2 aliphatic heterocycles. The Labute approximate surface area is 177 Å². The van der Waals surface area contributed by atoms with Crippen molar-refractivity contribution in [3.05, 3.63) is 107 Å².